The van der Waals surface area contributed by atoms with Gasteiger partial charge in [0, 0.05) is 30.4 Å². The first-order valence-electron chi connectivity index (χ1n) is 10.8. The predicted octanol–water partition coefficient (Wildman–Crippen LogP) is 5.82. The number of nitrogens with one attached hydrogen (secondary N) is 1. The minimum absolute atomic E-state index is 0. The largest absolute Gasteiger partial charge is 0.505 e. The Morgan fingerprint density at radius 3 is 2.30 bits per heavy atom. The maximum absolute atomic E-state index is 12.6. The average molecular weight is 584 g/mol. The molecule has 0 radical (unpaired) electrons. The smallest absolute Gasteiger partial charge is 0.213 e. The maximum Gasteiger partial charge on any atom is 0.213 e. The molecule has 0 fully saturated rings. The fraction of sp³-hybridized carbons (Fsp3) is 0.200. The molecule has 0 unspecified atom stereocenters. The number of ether oxygens (including phenoxy) is 1. The molecule has 0 atom stereocenters. The Bertz CT molecular complexity index is 1510. The van der Waals surface area contributed by atoms with Gasteiger partial charge in [-0.1, -0.05) is 29.3 Å². The molecular formula is C25H25Cl3N4O4S. The quantitative estimate of drug-likeness (QED) is 0.267. The fourth-order valence-corrected chi connectivity index (χ4v) is 4.78. The van der Waals surface area contributed by atoms with Crippen molar-refractivity contribution in [3.05, 3.63) is 64.9 Å². The highest BCUT2D eigenvalue weighted by molar-refractivity contribution is 7.90. The lowest BCUT2D eigenvalue weighted by Gasteiger charge is -2.15. The number of sulfone groups is 1. The Labute approximate surface area is 231 Å². The summed E-state index contributed by atoms with van der Waals surface area (Å²) in [4.78, 5) is 10.7. The van der Waals surface area contributed by atoms with Crippen LogP contribution in [-0.4, -0.2) is 61.9 Å². The summed E-state index contributed by atoms with van der Waals surface area (Å²) in [5.41, 5.74) is 2.89. The third-order valence-corrected chi connectivity index (χ3v) is 7.06. The first kappa shape index (κ1) is 28.7. The van der Waals surface area contributed by atoms with E-state index in [1.165, 1.54) is 6.20 Å². The van der Waals surface area contributed by atoms with Gasteiger partial charge in [-0.25, -0.2) is 13.4 Å². The number of rotatable bonds is 8. The minimum atomic E-state index is -3.62. The van der Waals surface area contributed by atoms with Crippen molar-refractivity contribution in [3.8, 4) is 22.8 Å². The summed E-state index contributed by atoms with van der Waals surface area (Å²) in [6.45, 7) is 1.25. The van der Waals surface area contributed by atoms with Gasteiger partial charge in [0.2, 0.25) is 5.88 Å². The van der Waals surface area contributed by atoms with E-state index in [0.717, 1.165) is 12.8 Å². The average Bonchev–Trinajstić information content (AvgIpc) is 2.82. The molecule has 0 amide bonds. The van der Waals surface area contributed by atoms with Crippen molar-refractivity contribution in [1.29, 1.82) is 0 Å². The van der Waals surface area contributed by atoms with E-state index in [1.54, 1.807) is 42.6 Å². The topological polar surface area (TPSA) is 105 Å². The molecule has 0 spiro atoms. The van der Waals surface area contributed by atoms with Gasteiger partial charge in [0.25, 0.3) is 0 Å². The number of aromatic nitrogens is 2. The lowest BCUT2D eigenvalue weighted by Crippen LogP contribution is -2.19. The van der Waals surface area contributed by atoms with Crippen LogP contribution < -0.4 is 10.1 Å². The standard InChI is InChI=1S/C25H24Cl2N4O4S.ClH/c1-31(2)8-9-35-23-7-5-17(13-29-23)30-24-18-10-15(16-11-19(26)25(32)20(27)12-16)4-6-21(18)28-14-22(24)36(3,33)34;/h4-7,10-14,32H,8-9H2,1-3H3,(H,28,30);1H. The Morgan fingerprint density at radius 1 is 1.00 bits per heavy atom. The van der Waals surface area contributed by atoms with Crippen LogP contribution in [0, 0.1) is 0 Å². The first-order chi connectivity index (χ1) is 17.0. The van der Waals surface area contributed by atoms with Crippen molar-refractivity contribution in [2.24, 2.45) is 0 Å². The normalized spacial score (nSPS) is 11.4. The molecule has 0 bridgehead atoms. The van der Waals surface area contributed by atoms with Crippen molar-refractivity contribution in [3.63, 3.8) is 0 Å². The summed E-state index contributed by atoms with van der Waals surface area (Å²) >= 11 is 12.2. The lowest BCUT2D eigenvalue weighted by molar-refractivity contribution is 0.254. The third kappa shape index (κ3) is 6.74. The summed E-state index contributed by atoms with van der Waals surface area (Å²) in [6.07, 6.45) is 4.04. The van der Waals surface area contributed by atoms with Crippen LogP contribution in [0.1, 0.15) is 0 Å². The van der Waals surface area contributed by atoms with E-state index in [9.17, 15) is 13.5 Å². The van der Waals surface area contributed by atoms with Gasteiger partial charge >= 0.3 is 0 Å². The highest BCUT2D eigenvalue weighted by atomic mass is 35.5. The number of phenolic OH excluding ortho intramolecular Hbond substituents is 1. The van der Waals surface area contributed by atoms with E-state index in [1.807, 2.05) is 25.1 Å². The summed E-state index contributed by atoms with van der Waals surface area (Å²) < 4.78 is 30.9. The highest BCUT2D eigenvalue weighted by Crippen LogP contribution is 2.39. The molecule has 0 saturated carbocycles. The number of hydrogen-bond donors (Lipinski definition) is 2. The van der Waals surface area contributed by atoms with E-state index >= 15 is 0 Å². The summed E-state index contributed by atoms with van der Waals surface area (Å²) in [6, 6.07) is 12.0. The molecule has 196 valence electrons. The van der Waals surface area contributed by atoms with Gasteiger partial charge in [0.05, 0.1) is 33.1 Å². The van der Waals surface area contributed by atoms with Gasteiger partial charge < -0.3 is 20.1 Å². The van der Waals surface area contributed by atoms with Crippen molar-refractivity contribution in [1.82, 2.24) is 14.9 Å². The van der Waals surface area contributed by atoms with E-state index < -0.39 is 9.84 Å². The monoisotopic (exact) mass is 582 g/mol. The second kappa shape index (κ2) is 11.7. The Morgan fingerprint density at radius 2 is 1.70 bits per heavy atom. The zero-order chi connectivity index (χ0) is 26.0. The van der Waals surface area contributed by atoms with Gasteiger partial charge in [0.15, 0.2) is 15.6 Å². The van der Waals surface area contributed by atoms with Crippen LogP contribution in [0.15, 0.2) is 59.8 Å². The molecule has 2 N–H and O–H groups in total. The van der Waals surface area contributed by atoms with E-state index in [0.29, 0.717) is 45.9 Å². The molecule has 4 rings (SSSR count). The van der Waals surface area contributed by atoms with Gasteiger partial charge in [-0.05, 0) is 55.6 Å². The first-order valence-corrected chi connectivity index (χ1v) is 13.5. The number of hydrogen-bond acceptors (Lipinski definition) is 8. The molecule has 0 aliphatic heterocycles. The molecule has 8 nitrogen and oxygen atoms in total. The van der Waals surface area contributed by atoms with Crippen molar-refractivity contribution < 1.29 is 18.3 Å². The number of nitrogens with zero attached hydrogens (tertiary/aromatic N) is 3. The van der Waals surface area contributed by atoms with Crippen LogP contribution >= 0.6 is 35.6 Å². The second-order valence-electron chi connectivity index (χ2n) is 8.45. The molecular weight excluding hydrogens is 559 g/mol. The zero-order valence-corrected chi connectivity index (χ0v) is 23.3. The van der Waals surface area contributed by atoms with Crippen molar-refractivity contribution >= 4 is 67.7 Å². The molecule has 12 heteroatoms. The van der Waals surface area contributed by atoms with E-state index in [2.05, 4.69) is 15.3 Å². The van der Waals surface area contributed by atoms with Crippen LogP contribution in [0.5, 0.6) is 11.6 Å². The Kier molecular flexibility index (Phi) is 9.09. The number of benzene rings is 2. The highest BCUT2D eigenvalue weighted by Gasteiger charge is 2.19. The fourth-order valence-electron chi connectivity index (χ4n) is 3.51. The second-order valence-corrected chi connectivity index (χ2v) is 11.3. The van der Waals surface area contributed by atoms with Crippen molar-refractivity contribution in [2.75, 3.05) is 38.8 Å². The maximum atomic E-state index is 12.6. The third-order valence-electron chi connectivity index (χ3n) is 5.38. The number of anilines is 2. The molecule has 37 heavy (non-hydrogen) atoms. The van der Waals surface area contributed by atoms with Gasteiger partial charge in [-0.3, -0.25) is 4.98 Å². The number of pyridine rings is 2. The lowest BCUT2D eigenvalue weighted by atomic mass is 10.0. The van der Waals surface area contributed by atoms with E-state index in [4.69, 9.17) is 27.9 Å². The van der Waals surface area contributed by atoms with Crippen LogP contribution in [0.2, 0.25) is 10.0 Å². The molecule has 2 aromatic carbocycles. The Hall–Kier alpha value is -2.82. The molecule has 0 aliphatic carbocycles. The summed E-state index contributed by atoms with van der Waals surface area (Å²) in [7, 11) is 0.294. The van der Waals surface area contributed by atoms with Gasteiger partial charge in [0.1, 0.15) is 11.5 Å². The molecule has 2 heterocycles. The van der Waals surface area contributed by atoms with Gasteiger partial charge in [-0.2, -0.15) is 0 Å². The SMILES string of the molecule is CN(C)CCOc1ccc(Nc2c(S(C)(=O)=O)cnc3ccc(-c4cc(Cl)c(O)c(Cl)c4)cc23)cn1.Cl. The zero-order valence-electron chi connectivity index (χ0n) is 20.2. The number of phenols is 1. The number of fused-ring (bicyclic) bond motifs is 1. The molecule has 2 aromatic heterocycles. The molecule has 4 aromatic rings. The number of aromatic hydroxyl groups is 1. The van der Waals surface area contributed by atoms with Gasteiger partial charge in [-0.15, -0.1) is 12.4 Å². The van der Waals surface area contributed by atoms with Crippen molar-refractivity contribution in [2.45, 2.75) is 4.90 Å². The van der Waals surface area contributed by atoms with Crippen LogP contribution in [0.3, 0.4) is 0 Å². The van der Waals surface area contributed by atoms with Crippen LogP contribution in [0.25, 0.3) is 22.0 Å². The minimum Gasteiger partial charge on any atom is -0.505 e. The predicted molar refractivity (Wildman–Crippen MR) is 151 cm³/mol. The summed E-state index contributed by atoms with van der Waals surface area (Å²) in [5, 5.41) is 13.9. The number of likely N-dealkylation sites (N-methyl/N-ethyl adjacent to an activating group) is 1. The molecule has 0 saturated heterocycles. The van der Waals surface area contributed by atoms with Crippen LogP contribution in [0.4, 0.5) is 11.4 Å². The summed E-state index contributed by atoms with van der Waals surface area (Å²) in [5.74, 6) is 0.265. The van der Waals surface area contributed by atoms with E-state index in [-0.39, 0.29) is 33.1 Å². The number of halogens is 3. The molecule has 0 aliphatic rings. The van der Waals surface area contributed by atoms with Crippen LogP contribution in [-0.2, 0) is 9.84 Å². The Balaban J connectivity index is 0.00000380.